The molecule has 0 bridgehead atoms. The first-order valence-corrected chi connectivity index (χ1v) is 6.02. The van der Waals surface area contributed by atoms with Gasteiger partial charge in [-0.2, -0.15) is 0 Å². The Labute approximate surface area is 94.0 Å². The van der Waals surface area contributed by atoms with Crippen molar-refractivity contribution >= 4 is 5.91 Å². The second kappa shape index (κ2) is 4.15. The van der Waals surface area contributed by atoms with Gasteiger partial charge in [-0.05, 0) is 24.7 Å². The van der Waals surface area contributed by atoms with E-state index in [1.807, 2.05) is 4.90 Å². The molecular weight excluding hydrogens is 186 g/mol. The first-order valence-electron chi connectivity index (χ1n) is 6.02. The lowest BCUT2D eigenvalue weighted by Crippen LogP contribution is -2.41. The molecule has 1 heterocycles. The number of carbonyl (C=O) groups is 1. The highest BCUT2D eigenvalue weighted by Crippen LogP contribution is 2.35. The second-order valence-corrected chi connectivity index (χ2v) is 6.62. The van der Waals surface area contributed by atoms with Crippen molar-refractivity contribution in [3.63, 3.8) is 0 Å². The Balaban J connectivity index is 2.63. The molecule has 1 aliphatic heterocycles. The molecule has 2 heteroatoms. The zero-order valence-electron chi connectivity index (χ0n) is 10.9. The minimum Gasteiger partial charge on any atom is -0.342 e. The quantitative estimate of drug-likeness (QED) is 0.687. The van der Waals surface area contributed by atoms with Crippen LogP contribution in [-0.4, -0.2) is 23.9 Å². The molecule has 1 rings (SSSR count). The molecule has 1 saturated heterocycles. The number of amides is 1. The topological polar surface area (TPSA) is 20.3 Å². The molecule has 0 spiro atoms. The molecule has 0 atom stereocenters. The van der Waals surface area contributed by atoms with Crippen molar-refractivity contribution in [1.82, 2.24) is 4.90 Å². The molecule has 0 aromatic heterocycles. The third kappa shape index (κ3) is 3.51. The predicted octanol–water partition coefficient (Wildman–Crippen LogP) is 3.07. The number of likely N-dealkylation sites (tertiary alicyclic amines) is 1. The first kappa shape index (κ1) is 12.5. The average Bonchev–Trinajstić information content (AvgIpc) is 2.49. The molecule has 0 aromatic rings. The van der Waals surface area contributed by atoms with E-state index in [1.54, 1.807) is 0 Å². The zero-order valence-corrected chi connectivity index (χ0v) is 10.9. The minimum absolute atomic E-state index is 0.206. The number of nitrogens with zero attached hydrogens (tertiary/aromatic N) is 1. The fourth-order valence-electron chi connectivity index (χ4n) is 2.75. The van der Waals surface area contributed by atoms with E-state index in [0.29, 0.717) is 5.91 Å². The molecule has 1 amide bonds. The maximum atomic E-state index is 12.3. The van der Waals surface area contributed by atoms with Gasteiger partial charge in [-0.3, -0.25) is 4.79 Å². The summed E-state index contributed by atoms with van der Waals surface area (Å²) < 4.78 is 0. The van der Waals surface area contributed by atoms with Crippen molar-refractivity contribution in [2.75, 3.05) is 13.1 Å². The van der Waals surface area contributed by atoms with Crippen LogP contribution in [0.5, 0.6) is 0 Å². The van der Waals surface area contributed by atoms with Gasteiger partial charge in [-0.25, -0.2) is 0 Å². The van der Waals surface area contributed by atoms with E-state index in [1.165, 1.54) is 12.8 Å². The molecule has 0 saturated carbocycles. The van der Waals surface area contributed by atoms with Crippen molar-refractivity contribution < 1.29 is 4.79 Å². The van der Waals surface area contributed by atoms with Crippen molar-refractivity contribution in [2.45, 2.75) is 53.9 Å². The van der Waals surface area contributed by atoms with E-state index >= 15 is 0 Å². The highest BCUT2D eigenvalue weighted by atomic mass is 16.2. The minimum atomic E-state index is -0.206. The zero-order chi connectivity index (χ0) is 11.7. The lowest BCUT2D eigenvalue weighted by Gasteiger charge is -2.34. The van der Waals surface area contributed by atoms with Gasteiger partial charge in [-0.1, -0.05) is 34.6 Å². The van der Waals surface area contributed by atoms with Crippen LogP contribution in [0.4, 0.5) is 0 Å². The Hall–Kier alpha value is -0.530. The van der Waals surface area contributed by atoms with E-state index < -0.39 is 0 Å². The van der Waals surface area contributed by atoms with Gasteiger partial charge in [0.25, 0.3) is 0 Å². The van der Waals surface area contributed by atoms with Crippen LogP contribution in [0, 0.1) is 10.8 Å². The summed E-state index contributed by atoms with van der Waals surface area (Å²) in [6, 6.07) is 0. The van der Waals surface area contributed by atoms with Crippen LogP contribution in [0.2, 0.25) is 0 Å². The normalized spacial score (nSPS) is 18.3. The lowest BCUT2D eigenvalue weighted by molar-refractivity contribution is -0.140. The van der Waals surface area contributed by atoms with Crippen LogP contribution in [0.3, 0.4) is 0 Å². The smallest absolute Gasteiger partial charge is 0.228 e. The number of rotatable bonds is 2. The van der Waals surface area contributed by atoms with E-state index in [0.717, 1.165) is 19.5 Å². The van der Waals surface area contributed by atoms with Gasteiger partial charge in [0.15, 0.2) is 0 Å². The third-order valence-corrected chi connectivity index (χ3v) is 2.94. The maximum Gasteiger partial charge on any atom is 0.228 e. The average molecular weight is 211 g/mol. The van der Waals surface area contributed by atoms with Gasteiger partial charge in [-0.15, -0.1) is 0 Å². The molecule has 0 N–H and O–H groups in total. The first-order chi connectivity index (χ1) is 6.72. The SMILES string of the molecule is CC(C)(C)CC(C)(C)C(=O)N1CCCC1. The highest BCUT2D eigenvalue weighted by molar-refractivity contribution is 5.82. The molecular formula is C13H25NO. The fourth-order valence-corrected chi connectivity index (χ4v) is 2.75. The maximum absolute atomic E-state index is 12.3. The molecule has 1 fully saturated rings. The van der Waals surface area contributed by atoms with Crippen molar-refractivity contribution in [2.24, 2.45) is 10.8 Å². The molecule has 1 aliphatic rings. The van der Waals surface area contributed by atoms with Crippen molar-refractivity contribution in [1.29, 1.82) is 0 Å². The van der Waals surface area contributed by atoms with Crippen LogP contribution in [0.25, 0.3) is 0 Å². The molecule has 2 nitrogen and oxygen atoms in total. The van der Waals surface area contributed by atoms with Crippen LogP contribution < -0.4 is 0 Å². The van der Waals surface area contributed by atoms with E-state index in [9.17, 15) is 4.79 Å². The number of carbonyl (C=O) groups excluding carboxylic acids is 1. The summed E-state index contributed by atoms with van der Waals surface area (Å²) in [6.45, 7) is 12.7. The van der Waals surface area contributed by atoms with Gasteiger partial charge < -0.3 is 4.90 Å². The van der Waals surface area contributed by atoms with Gasteiger partial charge in [0, 0.05) is 18.5 Å². The standard InChI is InChI=1S/C13H25NO/c1-12(2,3)10-13(4,5)11(15)14-8-6-7-9-14/h6-10H2,1-5H3. The third-order valence-electron chi connectivity index (χ3n) is 2.94. The second-order valence-electron chi connectivity index (χ2n) is 6.62. The Bertz CT molecular complexity index is 231. The predicted molar refractivity (Wildman–Crippen MR) is 63.7 cm³/mol. The molecule has 0 unspecified atom stereocenters. The summed E-state index contributed by atoms with van der Waals surface area (Å²) in [7, 11) is 0. The summed E-state index contributed by atoms with van der Waals surface area (Å²) in [6.07, 6.45) is 3.31. The van der Waals surface area contributed by atoms with Crippen molar-refractivity contribution in [3.05, 3.63) is 0 Å². The Morgan fingerprint density at radius 1 is 1.07 bits per heavy atom. The molecule has 88 valence electrons. The summed E-state index contributed by atoms with van der Waals surface area (Å²) in [4.78, 5) is 14.3. The molecule has 0 aromatic carbocycles. The monoisotopic (exact) mass is 211 g/mol. The number of hydrogen-bond acceptors (Lipinski definition) is 1. The van der Waals surface area contributed by atoms with Crippen LogP contribution in [0.1, 0.15) is 53.9 Å². The fraction of sp³-hybridized carbons (Fsp3) is 0.923. The number of hydrogen-bond donors (Lipinski definition) is 0. The summed E-state index contributed by atoms with van der Waals surface area (Å²) in [5.41, 5.74) is 0.0154. The summed E-state index contributed by atoms with van der Waals surface area (Å²) >= 11 is 0. The van der Waals surface area contributed by atoms with Crippen LogP contribution >= 0.6 is 0 Å². The Kier molecular flexibility index (Phi) is 3.47. The summed E-state index contributed by atoms with van der Waals surface area (Å²) in [5, 5.41) is 0. The van der Waals surface area contributed by atoms with Gasteiger partial charge >= 0.3 is 0 Å². The molecule has 15 heavy (non-hydrogen) atoms. The van der Waals surface area contributed by atoms with Gasteiger partial charge in [0.1, 0.15) is 0 Å². The van der Waals surface area contributed by atoms with Crippen LogP contribution in [0.15, 0.2) is 0 Å². The lowest BCUT2D eigenvalue weighted by atomic mass is 9.75. The van der Waals surface area contributed by atoms with Gasteiger partial charge in [0.05, 0.1) is 0 Å². The van der Waals surface area contributed by atoms with Crippen molar-refractivity contribution in [3.8, 4) is 0 Å². The van der Waals surface area contributed by atoms with Gasteiger partial charge in [0.2, 0.25) is 5.91 Å². The molecule has 0 aliphatic carbocycles. The summed E-state index contributed by atoms with van der Waals surface area (Å²) in [5.74, 6) is 0.343. The Morgan fingerprint density at radius 2 is 1.53 bits per heavy atom. The highest BCUT2D eigenvalue weighted by Gasteiger charge is 2.36. The molecule has 0 radical (unpaired) electrons. The van der Waals surface area contributed by atoms with E-state index in [2.05, 4.69) is 34.6 Å². The van der Waals surface area contributed by atoms with E-state index in [-0.39, 0.29) is 10.8 Å². The van der Waals surface area contributed by atoms with E-state index in [4.69, 9.17) is 0 Å². The largest absolute Gasteiger partial charge is 0.342 e. The Morgan fingerprint density at radius 3 is 1.93 bits per heavy atom. The van der Waals surface area contributed by atoms with Crippen LogP contribution in [-0.2, 0) is 4.79 Å².